The van der Waals surface area contributed by atoms with Crippen LogP contribution in [0.2, 0.25) is 0 Å². The molecule has 1 N–H and O–H groups in total. The number of nitrogens with one attached hydrogen (secondary N) is 1. The van der Waals surface area contributed by atoms with Gasteiger partial charge in [0.05, 0.1) is 23.1 Å². The van der Waals surface area contributed by atoms with Gasteiger partial charge in [-0.3, -0.25) is 19.3 Å². The number of allylic oxidation sites excluding steroid dienone is 2. The third kappa shape index (κ3) is 2.73. The highest BCUT2D eigenvalue weighted by atomic mass is 16.2. The number of rotatable bonds is 3. The zero-order valence-corrected chi connectivity index (χ0v) is 12.4. The van der Waals surface area contributed by atoms with E-state index in [1.165, 1.54) is 0 Å². The Morgan fingerprint density at radius 2 is 1.78 bits per heavy atom. The van der Waals surface area contributed by atoms with Crippen molar-refractivity contribution >= 4 is 23.4 Å². The molecule has 0 aromatic heterocycles. The minimum absolute atomic E-state index is 0.284. The van der Waals surface area contributed by atoms with Gasteiger partial charge in [-0.2, -0.15) is 5.26 Å². The van der Waals surface area contributed by atoms with Gasteiger partial charge in [-0.25, -0.2) is 0 Å². The van der Waals surface area contributed by atoms with Gasteiger partial charge in [0.25, 0.3) is 0 Å². The number of para-hydroxylation sites is 1. The van der Waals surface area contributed by atoms with E-state index in [4.69, 9.17) is 5.26 Å². The van der Waals surface area contributed by atoms with Crippen molar-refractivity contribution < 1.29 is 14.4 Å². The summed E-state index contributed by atoms with van der Waals surface area (Å²) in [5.41, 5.74) is 0.705. The van der Waals surface area contributed by atoms with Gasteiger partial charge < -0.3 is 5.32 Å². The molecule has 0 spiro atoms. The fourth-order valence-electron chi connectivity index (χ4n) is 3.05. The van der Waals surface area contributed by atoms with Gasteiger partial charge in [0, 0.05) is 0 Å². The van der Waals surface area contributed by atoms with Crippen molar-refractivity contribution in [3.05, 3.63) is 42.0 Å². The molecule has 1 aliphatic carbocycles. The van der Waals surface area contributed by atoms with E-state index in [0.29, 0.717) is 24.1 Å². The predicted octanol–water partition coefficient (Wildman–Crippen LogP) is 1.45. The average Bonchev–Trinajstić information content (AvgIpc) is 2.81. The molecule has 1 heterocycles. The predicted molar refractivity (Wildman–Crippen MR) is 81.9 cm³/mol. The molecule has 1 fully saturated rings. The first-order valence-electron chi connectivity index (χ1n) is 7.41. The topological polar surface area (TPSA) is 90.3 Å². The number of amides is 3. The molecule has 1 aliphatic heterocycles. The maximum Gasteiger partial charge on any atom is 0.244 e. The number of imide groups is 1. The molecule has 2 aliphatic rings. The van der Waals surface area contributed by atoms with Crippen LogP contribution in [0.25, 0.3) is 0 Å². The van der Waals surface area contributed by atoms with Crippen molar-refractivity contribution in [3.63, 3.8) is 0 Å². The maximum atomic E-state index is 12.3. The fraction of sp³-hybridized carbons (Fsp3) is 0.294. The number of fused-ring (bicyclic) bond motifs is 1. The van der Waals surface area contributed by atoms with Gasteiger partial charge in [0.1, 0.15) is 12.6 Å². The summed E-state index contributed by atoms with van der Waals surface area (Å²) in [6.07, 6.45) is 4.90. The molecule has 116 valence electrons. The van der Waals surface area contributed by atoms with Crippen LogP contribution in [0, 0.1) is 23.2 Å². The molecule has 0 bridgehead atoms. The molecule has 6 heteroatoms. The molecule has 0 saturated carbocycles. The number of nitrogens with zero attached hydrogens (tertiary/aromatic N) is 2. The van der Waals surface area contributed by atoms with E-state index in [0.717, 1.165) is 4.90 Å². The fourth-order valence-corrected chi connectivity index (χ4v) is 3.05. The Balaban J connectivity index is 1.70. The van der Waals surface area contributed by atoms with Crippen LogP contribution in [0.1, 0.15) is 18.4 Å². The summed E-state index contributed by atoms with van der Waals surface area (Å²) in [5, 5.41) is 11.6. The van der Waals surface area contributed by atoms with Crippen LogP contribution in [0.15, 0.2) is 36.4 Å². The van der Waals surface area contributed by atoms with Gasteiger partial charge in [0.15, 0.2) is 0 Å². The number of likely N-dealkylation sites (tertiary alicyclic amines) is 1. The first-order valence-corrected chi connectivity index (χ1v) is 7.41. The van der Waals surface area contributed by atoms with E-state index in [-0.39, 0.29) is 30.2 Å². The number of carbonyl (C=O) groups excluding carboxylic acids is 3. The first-order chi connectivity index (χ1) is 11.1. The van der Waals surface area contributed by atoms with Crippen LogP contribution in [-0.2, 0) is 14.4 Å². The van der Waals surface area contributed by atoms with E-state index in [1.807, 2.05) is 18.2 Å². The van der Waals surface area contributed by atoms with E-state index >= 15 is 0 Å². The van der Waals surface area contributed by atoms with Gasteiger partial charge in [0.2, 0.25) is 17.7 Å². The Kier molecular flexibility index (Phi) is 3.94. The highest BCUT2D eigenvalue weighted by Crippen LogP contribution is 2.34. The molecular formula is C17H15N3O3. The number of nitriles is 1. The number of hydrogen-bond acceptors (Lipinski definition) is 4. The molecule has 2 atom stereocenters. The van der Waals surface area contributed by atoms with Crippen LogP contribution in [0.3, 0.4) is 0 Å². The Morgan fingerprint density at radius 1 is 1.17 bits per heavy atom. The van der Waals surface area contributed by atoms with E-state index in [1.54, 1.807) is 24.3 Å². The quantitative estimate of drug-likeness (QED) is 0.676. The summed E-state index contributed by atoms with van der Waals surface area (Å²) >= 11 is 0. The molecule has 1 aromatic rings. The molecule has 3 amide bonds. The van der Waals surface area contributed by atoms with Crippen molar-refractivity contribution in [2.75, 3.05) is 11.9 Å². The third-order valence-electron chi connectivity index (χ3n) is 4.22. The lowest BCUT2D eigenvalue weighted by molar-refractivity contribution is -0.142. The van der Waals surface area contributed by atoms with Crippen LogP contribution >= 0.6 is 0 Å². The van der Waals surface area contributed by atoms with E-state index in [2.05, 4.69) is 5.32 Å². The number of benzene rings is 1. The maximum absolute atomic E-state index is 12.3. The lowest BCUT2D eigenvalue weighted by Gasteiger charge is -2.14. The van der Waals surface area contributed by atoms with Crippen LogP contribution < -0.4 is 5.32 Å². The third-order valence-corrected chi connectivity index (χ3v) is 4.22. The lowest BCUT2D eigenvalue weighted by atomic mass is 9.85. The van der Waals surface area contributed by atoms with Gasteiger partial charge in [-0.15, -0.1) is 0 Å². The summed E-state index contributed by atoms with van der Waals surface area (Å²) in [7, 11) is 0. The Labute approximate surface area is 133 Å². The monoisotopic (exact) mass is 309 g/mol. The van der Waals surface area contributed by atoms with Crippen molar-refractivity contribution in [2.45, 2.75) is 12.8 Å². The Morgan fingerprint density at radius 3 is 2.39 bits per heavy atom. The van der Waals surface area contributed by atoms with Gasteiger partial charge >= 0.3 is 0 Å². The van der Waals surface area contributed by atoms with E-state index in [9.17, 15) is 14.4 Å². The normalized spacial score (nSPS) is 22.7. The highest BCUT2D eigenvalue weighted by Gasteiger charge is 2.47. The molecule has 1 saturated heterocycles. The summed E-state index contributed by atoms with van der Waals surface area (Å²) in [4.78, 5) is 37.8. The first kappa shape index (κ1) is 15.0. The zero-order valence-electron chi connectivity index (χ0n) is 12.4. The Hall–Kier alpha value is -2.94. The van der Waals surface area contributed by atoms with Gasteiger partial charge in [-0.05, 0) is 25.0 Å². The standard InChI is InChI=1S/C17H15N3O3/c18-9-11-5-1-4-8-14(11)19-15(21)10-20-16(22)12-6-2-3-7-13(12)17(20)23/h1-5,8,12-13H,6-7,10H2,(H,19,21)/t12-,13-/m0/s1. The second kappa shape index (κ2) is 6.05. The second-order valence-corrected chi connectivity index (χ2v) is 5.62. The number of hydrogen-bond donors (Lipinski definition) is 1. The van der Waals surface area contributed by atoms with Crippen molar-refractivity contribution in [1.29, 1.82) is 5.26 Å². The van der Waals surface area contributed by atoms with Crippen LogP contribution in [0.4, 0.5) is 5.69 Å². The van der Waals surface area contributed by atoms with Crippen molar-refractivity contribution in [1.82, 2.24) is 4.90 Å². The van der Waals surface area contributed by atoms with Crippen molar-refractivity contribution in [3.8, 4) is 6.07 Å². The molecule has 0 radical (unpaired) electrons. The van der Waals surface area contributed by atoms with Crippen LogP contribution in [0.5, 0.6) is 0 Å². The summed E-state index contributed by atoms with van der Waals surface area (Å²) in [6.45, 7) is -0.315. The van der Waals surface area contributed by atoms with Gasteiger partial charge in [-0.1, -0.05) is 24.3 Å². The minimum Gasteiger partial charge on any atom is -0.323 e. The SMILES string of the molecule is N#Cc1ccccc1NC(=O)CN1C(=O)[C@H]2CC=CC[C@@H]2C1=O. The minimum atomic E-state index is -0.485. The Bertz CT molecular complexity index is 722. The second-order valence-electron chi connectivity index (χ2n) is 5.62. The molecule has 3 rings (SSSR count). The average molecular weight is 309 g/mol. The summed E-state index contributed by atoms with van der Waals surface area (Å²) in [5.74, 6) is -1.74. The van der Waals surface area contributed by atoms with Crippen molar-refractivity contribution in [2.24, 2.45) is 11.8 Å². The smallest absolute Gasteiger partial charge is 0.244 e. The molecule has 6 nitrogen and oxygen atoms in total. The zero-order chi connectivity index (χ0) is 16.4. The number of anilines is 1. The molecule has 23 heavy (non-hydrogen) atoms. The molecular weight excluding hydrogens is 294 g/mol. The molecule has 0 unspecified atom stereocenters. The van der Waals surface area contributed by atoms with E-state index < -0.39 is 5.91 Å². The summed E-state index contributed by atoms with van der Waals surface area (Å²) in [6, 6.07) is 8.56. The largest absolute Gasteiger partial charge is 0.323 e. The summed E-state index contributed by atoms with van der Waals surface area (Å²) < 4.78 is 0. The lowest BCUT2D eigenvalue weighted by Crippen LogP contribution is -2.38. The molecule has 1 aromatic carbocycles. The van der Waals surface area contributed by atoms with Crippen LogP contribution in [-0.4, -0.2) is 29.2 Å². The highest BCUT2D eigenvalue weighted by molar-refractivity contribution is 6.09. The number of carbonyl (C=O) groups is 3.